The summed E-state index contributed by atoms with van der Waals surface area (Å²) in [5.41, 5.74) is 0.389. The molecule has 6 heteroatoms. The van der Waals surface area contributed by atoms with Crippen LogP contribution in [0.15, 0.2) is 36.4 Å². The van der Waals surface area contributed by atoms with Crippen molar-refractivity contribution in [3.8, 4) is 0 Å². The molecule has 0 spiro atoms. The molecule has 0 aliphatic carbocycles. The number of amides is 1. The van der Waals surface area contributed by atoms with Gasteiger partial charge in [0.25, 0.3) is 5.69 Å². The van der Waals surface area contributed by atoms with E-state index in [-0.39, 0.29) is 24.4 Å². The fourth-order valence-electron chi connectivity index (χ4n) is 3.56. The zero-order valence-electron chi connectivity index (χ0n) is 14.5. The maximum Gasteiger partial charge on any atom is 0.410 e. The van der Waals surface area contributed by atoms with E-state index >= 15 is 0 Å². The molecule has 1 amide bonds. The number of benzene rings is 2. The lowest BCUT2D eigenvalue weighted by atomic mass is 9.98. The van der Waals surface area contributed by atoms with Crippen LogP contribution in [0.5, 0.6) is 0 Å². The standard InChI is InChI=1S/C19H22N2O4/c1-13-6-5-7-14(2)20(13)19(22)25-12-17-10-15-8-3-4-9-16(15)11-18(17)21(23)24/h3-4,8-11,13-14H,5-7,12H2,1-2H3. The number of hydrogen-bond acceptors (Lipinski definition) is 4. The highest BCUT2D eigenvalue weighted by Crippen LogP contribution is 2.28. The number of fused-ring (bicyclic) bond motifs is 1. The fourth-order valence-corrected chi connectivity index (χ4v) is 3.56. The van der Waals surface area contributed by atoms with Crippen LogP contribution in [0.3, 0.4) is 0 Å². The van der Waals surface area contributed by atoms with Gasteiger partial charge in [-0.1, -0.05) is 24.3 Å². The second-order valence-corrected chi connectivity index (χ2v) is 6.68. The van der Waals surface area contributed by atoms with Gasteiger partial charge in [-0.2, -0.15) is 0 Å². The number of nitro groups is 1. The van der Waals surface area contributed by atoms with Crippen LogP contribution in [-0.4, -0.2) is 28.0 Å². The Kier molecular flexibility index (Phi) is 4.88. The molecule has 0 saturated carbocycles. The third-order valence-corrected chi connectivity index (χ3v) is 4.90. The molecule has 2 aromatic carbocycles. The molecule has 1 aliphatic rings. The summed E-state index contributed by atoms with van der Waals surface area (Å²) in [5, 5.41) is 13.1. The molecule has 1 aliphatic heterocycles. The number of piperidine rings is 1. The summed E-state index contributed by atoms with van der Waals surface area (Å²) in [5.74, 6) is 0. The van der Waals surface area contributed by atoms with E-state index in [1.165, 1.54) is 6.07 Å². The highest BCUT2D eigenvalue weighted by molar-refractivity contribution is 5.86. The summed E-state index contributed by atoms with van der Waals surface area (Å²) >= 11 is 0. The first kappa shape index (κ1) is 17.2. The van der Waals surface area contributed by atoms with Crippen molar-refractivity contribution in [2.24, 2.45) is 0 Å². The summed E-state index contributed by atoms with van der Waals surface area (Å²) in [6, 6.07) is 10.9. The van der Waals surface area contributed by atoms with Gasteiger partial charge in [-0.3, -0.25) is 10.1 Å². The molecule has 1 fully saturated rings. The quantitative estimate of drug-likeness (QED) is 0.601. The molecule has 2 atom stereocenters. The lowest BCUT2D eigenvalue weighted by Gasteiger charge is -2.37. The highest BCUT2D eigenvalue weighted by Gasteiger charge is 2.30. The number of nitro benzene ring substituents is 1. The van der Waals surface area contributed by atoms with E-state index in [0.717, 1.165) is 30.0 Å². The van der Waals surface area contributed by atoms with Crippen LogP contribution < -0.4 is 0 Å². The van der Waals surface area contributed by atoms with E-state index in [9.17, 15) is 14.9 Å². The van der Waals surface area contributed by atoms with Crippen LogP contribution in [0.4, 0.5) is 10.5 Å². The first-order valence-electron chi connectivity index (χ1n) is 8.58. The molecule has 2 aromatic rings. The summed E-state index contributed by atoms with van der Waals surface area (Å²) in [6.45, 7) is 3.92. The molecule has 1 saturated heterocycles. The van der Waals surface area contributed by atoms with E-state index < -0.39 is 11.0 Å². The largest absolute Gasteiger partial charge is 0.444 e. The van der Waals surface area contributed by atoms with Crippen molar-refractivity contribution in [2.45, 2.75) is 51.8 Å². The molecule has 25 heavy (non-hydrogen) atoms. The Morgan fingerprint density at radius 1 is 1.20 bits per heavy atom. The number of carbonyl (C=O) groups excluding carboxylic acids is 1. The molecule has 0 aromatic heterocycles. The average Bonchev–Trinajstić information content (AvgIpc) is 2.58. The first-order chi connectivity index (χ1) is 12.0. The predicted octanol–water partition coefficient (Wildman–Crippen LogP) is 4.65. The normalized spacial score (nSPS) is 20.5. The van der Waals surface area contributed by atoms with Gasteiger partial charge in [0.05, 0.1) is 10.5 Å². The Balaban J connectivity index is 1.81. The Morgan fingerprint density at radius 3 is 2.40 bits per heavy atom. The second kappa shape index (κ2) is 7.09. The zero-order chi connectivity index (χ0) is 18.0. The van der Waals surface area contributed by atoms with Gasteiger partial charge in [0.15, 0.2) is 0 Å². The van der Waals surface area contributed by atoms with Crippen molar-refractivity contribution in [1.29, 1.82) is 0 Å². The smallest absolute Gasteiger partial charge is 0.410 e. The molecular formula is C19H22N2O4. The Morgan fingerprint density at radius 2 is 1.80 bits per heavy atom. The van der Waals surface area contributed by atoms with Gasteiger partial charge < -0.3 is 9.64 Å². The van der Waals surface area contributed by atoms with Crippen LogP contribution >= 0.6 is 0 Å². The molecule has 6 nitrogen and oxygen atoms in total. The van der Waals surface area contributed by atoms with Gasteiger partial charge in [0.1, 0.15) is 6.61 Å². The molecular weight excluding hydrogens is 320 g/mol. The number of hydrogen-bond donors (Lipinski definition) is 0. The van der Waals surface area contributed by atoms with Gasteiger partial charge in [0, 0.05) is 18.2 Å². The van der Waals surface area contributed by atoms with Crippen LogP contribution in [-0.2, 0) is 11.3 Å². The maximum absolute atomic E-state index is 12.5. The van der Waals surface area contributed by atoms with E-state index in [1.807, 2.05) is 38.1 Å². The summed E-state index contributed by atoms with van der Waals surface area (Å²) < 4.78 is 5.43. The lowest BCUT2D eigenvalue weighted by Crippen LogP contribution is -2.47. The topological polar surface area (TPSA) is 72.7 Å². The third kappa shape index (κ3) is 3.57. The molecule has 3 rings (SSSR count). The maximum atomic E-state index is 12.5. The van der Waals surface area contributed by atoms with Crippen molar-refractivity contribution in [3.63, 3.8) is 0 Å². The van der Waals surface area contributed by atoms with Crippen molar-refractivity contribution in [3.05, 3.63) is 52.1 Å². The summed E-state index contributed by atoms with van der Waals surface area (Å²) in [4.78, 5) is 25.2. The predicted molar refractivity (Wildman–Crippen MR) is 95.4 cm³/mol. The molecule has 132 valence electrons. The van der Waals surface area contributed by atoms with E-state index in [4.69, 9.17) is 4.74 Å². The number of ether oxygens (including phenoxy) is 1. The summed E-state index contributed by atoms with van der Waals surface area (Å²) in [7, 11) is 0. The number of carbonyl (C=O) groups is 1. The zero-order valence-corrected chi connectivity index (χ0v) is 14.5. The minimum absolute atomic E-state index is 0.0220. The minimum Gasteiger partial charge on any atom is -0.444 e. The highest BCUT2D eigenvalue weighted by atomic mass is 16.6. The van der Waals surface area contributed by atoms with Crippen LogP contribution in [0, 0.1) is 10.1 Å². The molecule has 0 radical (unpaired) electrons. The fraction of sp³-hybridized carbons (Fsp3) is 0.421. The average molecular weight is 342 g/mol. The number of rotatable bonds is 3. The third-order valence-electron chi connectivity index (χ3n) is 4.90. The molecule has 0 N–H and O–H groups in total. The molecule has 0 bridgehead atoms. The van der Waals surface area contributed by atoms with Gasteiger partial charge in [-0.15, -0.1) is 0 Å². The van der Waals surface area contributed by atoms with Gasteiger partial charge in [-0.25, -0.2) is 4.79 Å². The van der Waals surface area contributed by atoms with E-state index in [2.05, 4.69) is 0 Å². The van der Waals surface area contributed by atoms with E-state index in [1.54, 1.807) is 11.0 Å². The van der Waals surface area contributed by atoms with Gasteiger partial charge in [0.2, 0.25) is 0 Å². The van der Waals surface area contributed by atoms with Crippen LogP contribution in [0.1, 0.15) is 38.7 Å². The van der Waals surface area contributed by atoms with Gasteiger partial charge >= 0.3 is 6.09 Å². The van der Waals surface area contributed by atoms with E-state index in [0.29, 0.717) is 5.56 Å². The Hall–Kier alpha value is -2.63. The Labute approximate surface area is 146 Å². The van der Waals surface area contributed by atoms with Crippen molar-refractivity contribution in [2.75, 3.05) is 0 Å². The lowest BCUT2D eigenvalue weighted by molar-refractivity contribution is -0.385. The first-order valence-corrected chi connectivity index (χ1v) is 8.58. The van der Waals surface area contributed by atoms with Gasteiger partial charge in [-0.05, 0) is 49.9 Å². The van der Waals surface area contributed by atoms with Crippen molar-refractivity contribution >= 4 is 22.6 Å². The SMILES string of the molecule is CC1CCCC(C)N1C(=O)OCc1cc2ccccc2cc1[N+](=O)[O-]. The monoisotopic (exact) mass is 342 g/mol. The van der Waals surface area contributed by atoms with Crippen molar-refractivity contribution < 1.29 is 14.5 Å². The molecule has 2 unspecified atom stereocenters. The Bertz CT molecular complexity index is 795. The number of likely N-dealkylation sites (tertiary alicyclic amines) is 1. The van der Waals surface area contributed by atoms with Crippen LogP contribution in [0.2, 0.25) is 0 Å². The summed E-state index contributed by atoms with van der Waals surface area (Å²) in [6.07, 6.45) is 2.61. The van der Waals surface area contributed by atoms with Crippen LogP contribution in [0.25, 0.3) is 10.8 Å². The molecule has 1 heterocycles. The minimum atomic E-state index is -0.429. The second-order valence-electron chi connectivity index (χ2n) is 6.68. The van der Waals surface area contributed by atoms with Crippen molar-refractivity contribution in [1.82, 2.24) is 4.90 Å². The number of nitrogens with zero attached hydrogens (tertiary/aromatic N) is 2.